The smallest absolute Gasteiger partial charge is 0.126 e. The van der Waals surface area contributed by atoms with Gasteiger partial charge in [-0.15, -0.1) is 0 Å². The lowest BCUT2D eigenvalue weighted by Crippen LogP contribution is -2.39. The monoisotopic (exact) mass is 289 g/mol. The van der Waals surface area contributed by atoms with Crippen molar-refractivity contribution in [3.63, 3.8) is 0 Å². The average Bonchev–Trinajstić information content (AvgIpc) is 3.09. The van der Waals surface area contributed by atoms with E-state index < -0.39 is 0 Å². The minimum absolute atomic E-state index is 0.0784. The van der Waals surface area contributed by atoms with Crippen molar-refractivity contribution in [3.8, 4) is 0 Å². The van der Waals surface area contributed by atoms with E-state index in [0.717, 1.165) is 36.9 Å². The number of ether oxygens (including phenoxy) is 1. The Labute approximate surface area is 124 Å². The molecule has 0 bridgehead atoms. The zero-order chi connectivity index (χ0) is 14.9. The number of nitrogens with one attached hydrogen (secondary N) is 2. The third-order valence-corrected chi connectivity index (χ3v) is 3.89. The predicted octanol–water partition coefficient (Wildman–Crippen LogP) is 2.00. The maximum absolute atomic E-state index is 5.65. The Morgan fingerprint density at radius 3 is 2.90 bits per heavy atom. The van der Waals surface area contributed by atoms with Gasteiger partial charge >= 0.3 is 0 Å². The fourth-order valence-corrected chi connectivity index (χ4v) is 2.56. The molecule has 3 heterocycles. The van der Waals surface area contributed by atoms with Crippen molar-refractivity contribution < 1.29 is 4.74 Å². The molecule has 1 unspecified atom stereocenters. The summed E-state index contributed by atoms with van der Waals surface area (Å²) in [5.74, 6) is 0.985. The molecule has 0 amide bonds. The van der Waals surface area contributed by atoms with Crippen LogP contribution in [0.1, 0.15) is 44.0 Å². The van der Waals surface area contributed by atoms with E-state index in [4.69, 9.17) is 4.74 Å². The molecule has 21 heavy (non-hydrogen) atoms. The molecule has 2 aromatic heterocycles. The SMILES string of the molecule is CC(C)(C)c1cnc(C2COCCN2Cc2cnc[nH]2)[nH]1. The second-order valence-corrected chi connectivity index (χ2v) is 6.57. The van der Waals surface area contributed by atoms with E-state index in [1.54, 1.807) is 6.33 Å². The lowest BCUT2D eigenvalue weighted by atomic mass is 9.93. The Morgan fingerprint density at radius 2 is 2.24 bits per heavy atom. The molecule has 0 aromatic carbocycles. The minimum Gasteiger partial charge on any atom is -0.378 e. The molecule has 1 fully saturated rings. The highest BCUT2D eigenvalue weighted by atomic mass is 16.5. The van der Waals surface area contributed by atoms with Crippen LogP contribution in [0.25, 0.3) is 0 Å². The van der Waals surface area contributed by atoms with Gasteiger partial charge in [0.25, 0.3) is 0 Å². The first-order chi connectivity index (χ1) is 10.0. The number of nitrogens with zero attached hydrogens (tertiary/aromatic N) is 3. The molecule has 1 aliphatic heterocycles. The number of rotatable bonds is 3. The molecule has 2 N–H and O–H groups in total. The van der Waals surface area contributed by atoms with Crippen LogP contribution in [0.15, 0.2) is 18.7 Å². The molecule has 0 aliphatic carbocycles. The van der Waals surface area contributed by atoms with Crippen LogP contribution >= 0.6 is 0 Å². The van der Waals surface area contributed by atoms with Crippen LogP contribution in [0.2, 0.25) is 0 Å². The summed E-state index contributed by atoms with van der Waals surface area (Å²) in [4.78, 5) is 17.7. The second-order valence-electron chi connectivity index (χ2n) is 6.57. The zero-order valence-corrected chi connectivity index (χ0v) is 12.9. The summed E-state index contributed by atoms with van der Waals surface area (Å²) in [6.45, 7) is 9.72. The van der Waals surface area contributed by atoms with Crippen molar-refractivity contribution in [1.82, 2.24) is 24.8 Å². The number of hydrogen-bond donors (Lipinski definition) is 2. The van der Waals surface area contributed by atoms with Crippen LogP contribution in [0.5, 0.6) is 0 Å². The summed E-state index contributed by atoms with van der Waals surface area (Å²) < 4.78 is 5.65. The Balaban J connectivity index is 1.79. The minimum atomic E-state index is 0.0784. The maximum Gasteiger partial charge on any atom is 0.126 e. The molecule has 6 nitrogen and oxygen atoms in total. The Morgan fingerprint density at radius 1 is 1.38 bits per heavy atom. The van der Waals surface area contributed by atoms with Crippen molar-refractivity contribution in [2.45, 2.75) is 38.8 Å². The largest absolute Gasteiger partial charge is 0.378 e. The zero-order valence-electron chi connectivity index (χ0n) is 12.9. The number of hydrogen-bond acceptors (Lipinski definition) is 4. The van der Waals surface area contributed by atoms with Gasteiger partial charge < -0.3 is 14.7 Å². The van der Waals surface area contributed by atoms with Crippen LogP contribution in [0.3, 0.4) is 0 Å². The summed E-state index contributed by atoms with van der Waals surface area (Å²) in [5.41, 5.74) is 2.35. The van der Waals surface area contributed by atoms with E-state index in [2.05, 4.69) is 45.6 Å². The molecular formula is C15H23N5O. The quantitative estimate of drug-likeness (QED) is 0.907. The predicted molar refractivity (Wildman–Crippen MR) is 79.8 cm³/mol. The van der Waals surface area contributed by atoms with Crippen LogP contribution in [0, 0.1) is 0 Å². The average molecular weight is 289 g/mol. The van der Waals surface area contributed by atoms with Crippen LogP contribution < -0.4 is 0 Å². The first-order valence-electron chi connectivity index (χ1n) is 7.38. The van der Waals surface area contributed by atoms with Gasteiger partial charge in [0.2, 0.25) is 0 Å². The molecule has 114 valence electrons. The third-order valence-electron chi connectivity index (χ3n) is 3.89. The molecule has 2 aromatic rings. The highest BCUT2D eigenvalue weighted by Crippen LogP contribution is 2.26. The van der Waals surface area contributed by atoms with E-state index in [1.165, 1.54) is 0 Å². The molecule has 1 aliphatic rings. The Hall–Kier alpha value is -1.66. The fraction of sp³-hybridized carbons (Fsp3) is 0.600. The van der Waals surface area contributed by atoms with Gasteiger partial charge in [0.15, 0.2) is 0 Å². The molecule has 6 heteroatoms. The van der Waals surface area contributed by atoms with Gasteiger partial charge in [-0.2, -0.15) is 0 Å². The van der Waals surface area contributed by atoms with E-state index in [0.29, 0.717) is 6.61 Å². The highest BCUT2D eigenvalue weighted by molar-refractivity contribution is 5.14. The van der Waals surface area contributed by atoms with Gasteiger partial charge in [-0.3, -0.25) is 4.90 Å². The molecular weight excluding hydrogens is 266 g/mol. The molecule has 0 spiro atoms. The van der Waals surface area contributed by atoms with Gasteiger partial charge in [-0.1, -0.05) is 20.8 Å². The van der Waals surface area contributed by atoms with Gasteiger partial charge in [-0.05, 0) is 0 Å². The van der Waals surface area contributed by atoms with Crippen molar-refractivity contribution in [1.29, 1.82) is 0 Å². The highest BCUT2D eigenvalue weighted by Gasteiger charge is 2.28. The van der Waals surface area contributed by atoms with Crippen molar-refractivity contribution in [3.05, 3.63) is 35.9 Å². The summed E-state index contributed by atoms with van der Waals surface area (Å²) in [6.07, 6.45) is 5.53. The Kier molecular flexibility index (Phi) is 3.82. The van der Waals surface area contributed by atoms with E-state index in [-0.39, 0.29) is 11.5 Å². The lowest BCUT2D eigenvalue weighted by molar-refractivity contribution is -0.0161. The third kappa shape index (κ3) is 3.16. The van der Waals surface area contributed by atoms with E-state index >= 15 is 0 Å². The first-order valence-corrected chi connectivity index (χ1v) is 7.38. The van der Waals surface area contributed by atoms with Crippen molar-refractivity contribution in [2.24, 2.45) is 0 Å². The Bertz CT molecular complexity index is 569. The first kappa shape index (κ1) is 14.3. The summed E-state index contributed by atoms with van der Waals surface area (Å²) >= 11 is 0. The lowest BCUT2D eigenvalue weighted by Gasteiger charge is -2.34. The van der Waals surface area contributed by atoms with E-state index in [1.807, 2.05) is 12.4 Å². The molecule has 1 saturated heterocycles. The maximum atomic E-state index is 5.65. The van der Waals surface area contributed by atoms with Crippen molar-refractivity contribution >= 4 is 0 Å². The second kappa shape index (κ2) is 5.61. The van der Waals surface area contributed by atoms with Gasteiger partial charge in [-0.25, -0.2) is 9.97 Å². The van der Waals surface area contributed by atoms with Crippen LogP contribution in [0.4, 0.5) is 0 Å². The number of imidazole rings is 2. The van der Waals surface area contributed by atoms with Gasteiger partial charge in [0, 0.05) is 42.3 Å². The summed E-state index contributed by atoms with van der Waals surface area (Å²) in [7, 11) is 0. The van der Waals surface area contributed by atoms with Gasteiger partial charge in [0.05, 0.1) is 25.6 Å². The number of aromatic amines is 2. The van der Waals surface area contributed by atoms with Crippen LogP contribution in [-0.4, -0.2) is 44.6 Å². The summed E-state index contributed by atoms with van der Waals surface area (Å²) in [6, 6.07) is 0.165. The molecule has 0 saturated carbocycles. The fourth-order valence-electron chi connectivity index (χ4n) is 2.56. The topological polar surface area (TPSA) is 69.8 Å². The van der Waals surface area contributed by atoms with Crippen LogP contribution in [-0.2, 0) is 16.7 Å². The molecule has 0 radical (unpaired) electrons. The van der Waals surface area contributed by atoms with Gasteiger partial charge in [0.1, 0.15) is 5.82 Å². The number of morpholine rings is 1. The number of aromatic nitrogens is 4. The van der Waals surface area contributed by atoms with Crippen molar-refractivity contribution in [2.75, 3.05) is 19.8 Å². The van der Waals surface area contributed by atoms with E-state index in [9.17, 15) is 0 Å². The number of H-pyrrole nitrogens is 2. The molecule has 3 rings (SSSR count). The summed E-state index contributed by atoms with van der Waals surface area (Å²) in [5, 5.41) is 0. The molecule has 1 atom stereocenters. The standard InChI is InChI=1S/C15H23N5O/c1-15(2,3)13-7-17-14(19-13)12-9-21-5-4-20(12)8-11-6-16-10-18-11/h6-7,10,12H,4-5,8-9H2,1-3H3,(H,16,18)(H,17,19). The normalized spacial score (nSPS) is 20.8.